The maximum absolute atomic E-state index is 14.6. The van der Waals surface area contributed by atoms with Gasteiger partial charge in [0, 0.05) is 24.0 Å². The third-order valence-electron chi connectivity index (χ3n) is 7.16. The number of ether oxygens (including phenoxy) is 1. The van der Waals surface area contributed by atoms with Crippen LogP contribution in [-0.2, 0) is 32.6 Å². The Balaban J connectivity index is 1.82. The van der Waals surface area contributed by atoms with Gasteiger partial charge in [-0.3, -0.25) is 13.9 Å². The van der Waals surface area contributed by atoms with E-state index in [1.807, 2.05) is 68.4 Å². The fourth-order valence-electron chi connectivity index (χ4n) is 4.88. The van der Waals surface area contributed by atoms with E-state index in [2.05, 4.69) is 21.2 Å². The second kappa shape index (κ2) is 15.7. The number of nitrogens with one attached hydrogen (secondary N) is 1. The number of rotatable bonds is 14. The maximum atomic E-state index is 14.6. The van der Waals surface area contributed by atoms with Gasteiger partial charge in [-0.2, -0.15) is 0 Å². The fraction of sp³-hybridized carbons (Fsp3) is 0.257. The molecule has 2 amide bonds. The fourth-order valence-corrected chi connectivity index (χ4v) is 6.77. The zero-order chi connectivity index (χ0) is 32.4. The highest BCUT2D eigenvalue weighted by Gasteiger charge is 2.35. The van der Waals surface area contributed by atoms with Crippen molar-refractivity contribution in [1.29, 1.82) is 0 Å². The van der Waals surface area contributed by atoms with E-state index in [1.54, 1.807) is 42.5 Å². The van der Waals surface area contributed by atoms with Crippen LogP contribution in [-0.4, -0.2) is 51.4 Å². The van der Waals surface area contributed by atoms with E-state index < -0.39 is 28.5 Å². The van der Waals surface area contributed by atoms with Crippen molar-refractivity contribution in [2.24, 2.45) is 5.92 Å². The van der Waals surface area contributed by atoms with Gasteiger partial charge >= 0.3 is 0 Å². The largest absolute Gasteiger partial charge is 0.495 e. The van der Waals surface area contributed by atoms with Gasteiger partial charge in [-0.1, -0.05) is 103 Å². The van der Waals surface area contributed by atoms with Gasteiger partial charge in [0.05, 0.1) is 17.7 Å². The molecular formula is C35H38BrN3O5S. The summed E-state index contributed by atoms with van der Waals surface area (Å²) < 4.78 is 35.7. The first kappa shape index (κ1) is 33.7. The smallest absolute Gasteiger partial charge is 0.264 e. The summed E-state index contributed by atoms with van der Waals surface area (Å²) in [6.07, 6.45) is 0.241. The predicted octanol–water partition coefficient (Wildman–Crippen LogP) is 6.07. The standard InChI is InChI=1S/C35H38BrN3O5S/c1-26(2)23-37-35(41)32(22-27-13-6-4-7-14-27)38(24-28-15-12-16-29(36)21-28)34(40)25-39(31-19-10-11-20-33(31)44-3)45(42,43)30-17-8-5-9-18-30/h4-21,26,32H,22-25H2,1-3H3,(H,37,41)/t32-/m1/s1. The summed E-state index contributed by atoms with van der Waals surface area (Å²) in [6.45, 7) is 3.94. The monoisotopic (exact) mass is 691 g/mol. The lowest BCUT2D eigenvalue weighted by Crippen LogP contribution is -2.53. The van der Waals surface area contributed by atoms with Crippen molar-refractivity contribution in [2.45, 2.75) is 37.8 Å². The van der Waals surface area contributed by atoms with Crippen LogP contribution in [0.5, 0.6) is 5.75 Å². The lowest BCUT2D eigenvalue weighted by atomic mass is 10.0. The second-order valence-electron chi connectivity index (χ2n) is 11.0. The molecule has 1 atom stereocenters. The van der Waals surface area contributed by atoms with Crippen LogP contribution >= 0.6 is 15.9 Å². The van der Waals surface area contributed by atoms with Gasteiger partial charge in [-0.25, -0.2) is 8.42 Å². The summed E-state index contributed by atoms with van der Waals surface area (Å²) in [7, 11) is -2.78. The SMILES string of the molecule is COc1ccccc1N(CC(=O)N(Cc1cccc(Br)c1)[C@H](Cc1ccccc1)C(=O)NCC(C)C)S(=O)(=O)c1ccccc1. The van der Waals surface area contributed by atoms with Crippen molar-refractivity contribution < 1.29 is 22.7 Å². The van der Waals surface area contributed by atoms with Crippen LogP contribution in [0, 0.1) is 5.92 Å². The van der Waals surface area contributed by atoms with Crippen molar-refractivity contribution in [3.8, 4) is 5.75 Å². The van der Waals surface area contributed by atoms with Crippen molar-refractivity contribution in [3.63, 3.8) is 0 Å². The Hall–Kier alpha value is -4.15. The second-order valence-corrected chi connectivity index (χ2v) is 13.8. The molecule has 0 aromatic heterocycles. The minimum absolute atomic E-state index is 0.0257. The Kier molecular flexibility index (Phi) is 11.8. The van der Waals surface area contributed by atoms with E-state index in [0.29, 0.717) is 12.3 Å². The molecule has 45 heavy (non-hydrogen) atoms. The zero-order valence-corrected chi connectivity index (χ0v) is 28.0. The highest BCUT2D eigenvalue weighted by molar-refractivity contribution is 9.10. The van der Waals surface area contributed by atoms with Gasteiger partial charge in [0.15, 0.2) is 0 Å². The Labute approximate surface area is 274 Å². The van der Waals surface area contributed by atoms with Crippen LogP contribution in [0.25, 0.3) is 0 Å². The van der Waals surface area contributed by atoms with Gasteiger partial charge in [0.1, 0.15) is 18.3 Å². The molecule has 236 valence electrons. The van der Waals surface area contributed by atoms with Crippen molar-refractivity contribution in [1.82, 2.24) is 10.2 Å². The number of para-hydroxylation sites is 2. The molecule has 0 aliphatic carbocycles. The summed E-state index contributed by atoms with van der Waals surface area (Å²) in [6, 6.07) is 30.6. The van der Waals surface area contributed by atoms with E-state index in [-0.39, 0.29) is 35.4 Å². The lowest BCUT2D eigenvalue weighted by Gasteiger charge is -2.34. The summed E-state index contributed by atoms with van der Waals surface area (Å²) in [4.78, 5) is 29.9. The lowest BCUT2D eigenvalue weighted by molar-refractivity contribution is -0.140. The molecule has 0 saturated carbocycles. The number of nitrogens with zero attached hydrogens (tertiary/aromatic N) is 2. The van der Waals surface area contributed by atoms with E-state index in [4.69, 9.17) is 4.74 Å². The number of carbonyl (C=O) groups excluding carboxylic acids is 2. The van der Waals surface area contributed by atoms with Crippen LogP contribution in [0.2, 0.25) is 0 Å². The van der Waals surface area contributed by atoms with Gasteiger partial charge in [-0.15, -0.1) is 0 Å². The van der Waals surface area contributed by atoms with E-state index in [1.165, 1.54) is 24.1 Å². The minimum Gasteiger partial charge on any atom is -0.495 e. The Bertz CT molecular complexity index is 1680. The van der Waals surface area contributed by atoms with E-state index in [0.717, 1.165) is 19.9 Å². The van der Waals surface area contributed by atoms with Crippen molar-refractivity contribution in [3.05, 3.63) is 125 Å². The topological polar surface area (TPSA) is 96.0 Å². The number of halogens is 1. The van der Waals surface area contributed by atoms with E-state index >= 15 is 0 Å². The molecule has 10 heteroatoms. The third-order valence-corrected chi connectivity index (χ3v) is 9.43. The number of methoxy groups -OCH3 is 1. The van der Waals surface area contributed by atoms with Crippen molar-refractivity contribution in [2.75, 3.05) is 24.5 Å². The molecule has 4 aromatic rings. The molecule has 0 fully saturated rings. The zero-order valence-electron chi connectivity index (χ0n) is 25.6. The van der Waals surface area contributed by atoms with Crippen LogP contribution in [0.1, 0.15) is 25.0 Å². The maximum Gasteiger partial charge on any atom is 0.264 e. The number of carbonyl (C=O) groups is 2. The first-order valence-electron chi connectivity index (χ1n) is 14.7. The Morgan fingerprint density at radius 3 is 2.11 bits per heavy atom. The Morgan fingerprint density at radius 1 is 0.844 bits per heavy atom. The van der Waals surface area contributed by atoms with E-state index in [9.17, 15) is 18.0 Å². The molecule has 0 unspecified atom stereocenters. The summed E-state index contributed by atoms with van der Waals surface area (Å²) >= 11 is 3.50. The first-order valence-corrected chi connectivity index (χ1v) is 16.9. The number of anilines is 1. The molecular weight excluding hydrogens is 654 g/mol. The molecule has 4 rings (SSSR count). The van der Waals surface area contributed by atoms with Gasteiger partial charge in [0.25, 0.3) is 10.0 Å². The van der Waals surface area contributed by atoms with Crippen LogP contribution in [0.4, 0.5) is 5.69 Å². The normalized spacial score (nSPS) is 11.9. The Morgan fingerprint density at radius 2 is 1.47 bits per heavy atom. The highest BCUT2D eigenvalue weighted by atomic mass is 79.9. The summed E-state index contributed by atoms with van der Waals surface area (Å²) in [5.41, 5.74) is 1.86. The molecule has 0 aliphatic rings. The third kappa shape index (κ3) is 8.95. The predicted molar refractivity (Wildman–Crippen MR) is 180 cm³/mol. The van der Waals surface area contributed by atoms with Crippen LogP contribution in [0.15, 0.2) is 119 Å². The molecule has 0 radical (unpaired) electrons. The van der Waals surface area contributed by atoms with Crippen LogP contribution in [0.3, 0.4) is 0 Å². The number of amides is 2. The van der Waals surface area contributed by atoms with Gasteiger partial charge < -0.3 is 15.0 Å². The number of sulfonamides is 1. The minimum atomic E-state index is -4.22. The van der Waals surface area contributed by atoms with Gasteiger partial charge in [-0.05, 0) is 53.4 Å². The number of hydrogen-bond donors (Lipinski definition) is 1. The van der Waals surface area contributed by atoms with Crippen molar-refractivity contribution >= 4 is 43.5 Å². The molecule has 0 heterocycles. The number of hydrogen-bond acceptors (Lipinski definition) is 5. The summed E-state index contributed by atoms with van der Waals surface area (Å²) in [5, 5.41) is 3.00. The molecule has 4 aromatic carbocycles. The average molecular weight is 693 g/mol. The quantitative estimate of drug-likeness (QED) is 0.173. The molecule has 1 N–H and O–H groups in total. The van der Waals surface area contributed by atoms with Gasteiger partial charge in [0.2, 0.25) is 11.8 Å². The number of benzene rings is 4. The first-order chi connectivity index (χ1) is 21.6. The average Bonchev–Trinajstić information content (AvgIpc) is 3.04. The van der Waals surface area contributed by atoms with Crippen LogP contribution < -0.4 is 14.4 Å². The molecule has 0 aliphatic heterocycles. The highest BCUT2D eigenvalue weighted by Crippen LogP contribution is 2.32. The molecule has 8 nitrogen and oxygen atoms in total. The molecule has 0 spiro atoms. The molecule has 0 saturated heterocycles. The summed E-state index contributed by atoms with van der Waals surface area (Å²) in [5.74, 6) is -0.372. The molecule has 0 bridgehead atoms.